The number of hydrogen-bond acceptors (Lipinski definition) is 5. The lowest BCUT2D eigenvalue weighted by molar-refractivity contribution is 0.00150. The average Bonchev–Trinajstić information content (AvgIpc) is 2.83. The van der Waals surface area contributed by atoms with E-state index < -0.39 is 0 Å². The molecule has 0 N–H and O–H groups in total. The Balaban J connectivity index is 1.17. The van der Waals surface area contributed by atoms with E-state index in [-0.39, 0.29) is 0 Å². The third-order valence-corrected chi connectivity index (χ3v) is 8.72. The standard InChI is InChI=1S/C28H30BrN5/c1-19-15-33(27-9-6-21(14-30)28-26(27)3-2-11-31-28)18-25-13-24(10-12-34(19)25)32-16-22(17-32)20-4-7-23(29)8-5-20/h2-9,11,19,22,24-25H,10,12-13,15-18H2,1H3/t19-,24-,25+/m1/s1. The summed E-state index contributed by atoms with van der Waals surface area (Å²) in [5.74, 6) is 0.672. The van der Waals surface area contributed by atoms with E-state index in [1.165, 1.54) is 43.7 Å². The molecule has 6 heteroatoms. The van der Waals surface area contributed by atoms with Gasteiger partial charge in [0, 0.05) is 78.5 Å². The molecule has 3 aliphatic heterocycles. The summed E-state index contributed by atoms with van der Waals surface area (Å²) in [7, 11) is 0. The van der Waals surface area contributed by atoms with Crippen molar-refractivity contribution in [1.82, 2.24) is 14.8 Å². The van der Waals surface area contributed by atoms with Crippen LogP contribution >= 0.6 is 15.9 Å². The second-order valence-corrected chi connectivity index (χ2v) is 11.1. The predicted octanol–water partition coefficient (Wildman–Crippen LogP) is 5.01. The number of hydrogen-bond donors (Lipinski definition) is 0. The number of nitrogens with zero attached hydrogens (tertiary/aromatic N) is 5. The average molecular weight is 516 g/mol. The summed E-state index contributed by atoms with van der Waals surface area (Å²) in [5, 5.41) is 10.6. The zero-order chi connectivity index (χ0) is 23.2. The monoisotopic (exact) mass is 515 g/mol. The van der Waals surface area contributed by atoms with Crippen LogP contribution in [0.3, 0.4) is 0 Å². The van der Waals surface area contributed by atoms with Crippen LogP contribution < -0.4 is 4.90 Å². The fraction of sp³-hybridized carbons (Fsp3) is 0.429. The summed E-state index contributed by atoms with van der Waals surface area (Å²) in [6.45, 7) is 8.00. The van der Waals surface area contributed by atoms with Gasteiger partial charge < -0.3 is 4.90 Å². The lowest BCUT2D eigenvalue weighted by Gasteiger charge is -2.54. The van der Waals surface area contributed by atoms with Gasteiger partial charge in [-0.1, -0.05) is 28.1 Å². The molecule has 3 fully saturated rings. The number of rotatable bonds is 3. The van der Waals surface area contributed by atoms with E-state index >= 15 is 0 Å². The van der Waals surface area contributed by atoms with Crippen molar-refractivity contribution in [3.05, 3.63) is 70.3 Å². The molecule has 3 atom stereocenters. The number of aromatic nitrogens is 1. The van der Waals surface area contributed by atoms with Gasteiger partial charge in [-0.3, -0.25) is 14.8 Å². The summed E-state index contributed by atoms with van der Waals surface area (Å²) in [6.07, 6.45) is 4.30. The SMILES string of the molecule is C[C@@H]1CN(c2ccc(C#N)c3ncccc23)C[C@@H]2C[C@H](N3CC(c4ccc(Br)cc4)C3)CCN21. The first kappa shape index (κ1) is 22.0. The number of anilines is 1. The highest BCUT2D eigenvalue weighted by atomic mass is 79.9. The molecule has 5 nitrogen and oxygen atoms in total. The quantitative estimate of drug-likeness (QED) is 0.490. The van der Waals surface area contributed by atoms with Crippen LogP contribution in [0.15, 0.2) is 59.2 Å². The largest absolute Gasteiger partial charge is 0.368 e. The Hall–Kier alpha value is -2.46. The highest BCUT2D eigenvalue weighted by molar-refractivity contribution is 9.10. The van der Waals surface area contributed by atoms with Crippen molar-refractivity contribution >= 4 is 32.5 Å². The van der Waals surface area contributed by atoms with Crippen molar-refractivity contribution in [3.63, 3.8) is 0 Å². The minimum atomic E-state index is 0.522. The Morgan fingerprint density at radius 2 is 1.82 bits per heavy atom. The molecule has 0 unspecified atom stereocenters. The molecule has 0 bridgehead atoms. The lowest BCUT2D eigenvalue weighted by atomic mass is 9.85. The van der Waals surface area contributed by atoms with Crippen LogP contribution in [0.2, 0.25) is 0 Å². The molecule has 0 radical (unpaired) electrons. The van der Waals surface area contributed by atoms with Gasteiger partial charge in [-0.15, -0.1) is 0 Å². The van der Waals surface area contributed by atoms with Gasteiger partial charge in [0.05, 0.1) is 11.1 Å². The number of piperazine rings is 1. The fourth-order valence-electron chi connectivity index (χ4n) is 6.37. The van der Waals surface area contributed by atoms with Crippen LogP contribution in [0.1, 0.15) is 36.8 Å². The Labute approximate surface area is 210 Å². The van der Waals surface area contributed by atoms with Crippen LogP contribution in [-0.2, 0) is 0 Å². The predicted molar refractivity (Wildman–Crippen MR) is 140 cm³/mol. The van der Waals surface area contributed by atoms with Gasteiger partial charge in [0.25, 0.3) is 0 Å². The number of pyridine rings is 1. The van der Waals surface area contributed by atoms with E-state index in [2.05, 4.69) is 85.0 Å². The number of benzene rings is 2. The van der Waals surface area contributed by atoms with Crippen LogP contribution in [0.5, 0.6) is 0 Å². The van der Waals surface area contributed by atoms with Crippen molar-refractivity contribution in [3.8, 4) is 6.07 Å². The zero-order valence-electron chi connectivity index (χ0n) is 19.6. The van der Waals surface area contributed by atoms with Crippen molar-refractivity contribution in [2.45, 2.75) is 43.8 Å². The Bertz CT molecular complexity index is 1230. The molecule has 0 aliphatic carbocycles. The number of piperidine rings is 1. The Morgan fingerprint density at radius 3 is 2.62 bits per heavy atom. The molecule has 1 aromatic heterocycles. The van der Waals surface area contributed by atoms with Crippen LogP contribution in [0.4, 0.5) is 5.69 Å². The van der Waals surface area contributed by atoms with Gasteiger partial charge in [0.1, 0.15) is 6.07 Å². The summed E-state index contributed by atoms with van der Waals surface area (Å²) in [5.41, 5.74) is 4.16. The molecule has 3 aliphatic rings. The minimum Gasteiger partial charge on any atom is -0.368 e. The number of fused-ring (bicyclic) bond motifs is 2. The van der Waals surface area contributed by atoms with Crippen LogP contribution in [-0.4, -0.2) is 65.6 Å². The molecule has 0 saturated carbocycles. The van der Waals surface area contributed by atoms with Crippen molar-refractivity contribution in [2.75, 3.05) is 37.6 Å². The minimum absolute atomic E-state index is 0.522. The van der Waals surface area contributed by atoms with E-state index in [0.29, 0.717) is 29.6 Å². The van der Waals surface area contributed by atoms with Crippen molar-refractivity contribution in [1.29, 1.82) is 5.26 Å². The molecule has 174 valence electrons. The normalized spacial score (nSPS) is 26.1. The van der Waals surface area contributed by atoms with Gasteiger partial charge in [-0.2, -0.15) is 5.26 Å². The van der Waals surface area contributed by atoms with E-state index in [0.717, 1.165) is 28.5 Å². The van der Waals surface area contributed by atoms with Crippen molar-refractivity contribution in [2.24, 2.45) is 0 Å². The highest BCUT2D eigenvalue weighted by Crippen LogP contribution is 2.37. The molecule has 34 heavy (non-hydrogen) atoms. The highest BCUT2D eigenvalue weighted by Gasteiger charge is 2.41. The Kier molecular flexibility index (Phi) is 5.81. The summed E-state index contributed by atoms with van der Waals surface area (Å²) < 4.78 is 1.15. The van der Waals surface area contributed by atoms with Gasteiger partial charge in [-0.25, -0.2) is 0 Å². The molecule has 2 aromatic carbocycles. The van der Waals surface area contributed by atoms with Crippen LogP contribution in [0, 0.1) is 11.3 Å². The van der Waals surface area contributed by atoms with E-state index in [1.807, 2.05) is 12.1 Å². The molecular formula is C28H30BrN5. The first-order chi connectivity index (χ1) is 16.6. The summed E-state index contributed by atoms with van der Waals surface area (Å²) in [6, 6.07) is 21.1. The second kappa shape index (κ2) is 8.96. The number of likely N-dealkylation sites (tertiary alicyclic amines) is 1. The summed E-state index contributed by atoms with van der Waals surface area (Å²) in [4.78, 5) is 12.5. The first-order valence-electron chi connectivity index (χ1n) is 12.4. The van der Waals surface area contributed by atoms with Gasteiger partial charge in [0.15, 0.2) is 0 Å². The summed E-state index contributed by atoms with van der Waals surface area (Å²) >= 11 is 3.55. The smallest absolute Gasteiger partial charge is 0.101 e. The van der Waals surface area contributed by atoms with Gasteiger partial charge in [-0.05, 0) is 61.7 Å². The number of halogens is 1. The molecule has 6 rings (SSSR count). The van der Waals surface area contributed by atoms with Crippen molar-refractivity contribution < 1.29 is 0 Å². The van der Waals surface area contributed by atoms with Gasteiger partial charge in [0.2, 0.25) is 0 Å². The molecule has 0 amide bonds. The molecule has 0 spiro atoms. The Morgan fingerprint density at radius 1 is 1.00 bits per heavy atom. The van der Waals surface area contributed by atoms with Crippen LogP contribution in [0.25, 0.3) is 10.9 Å². The third kappa shape index (κ3) is 3.90. The topological polar surface area (TPSA) is 46.4 Å². The molecule has 3 aromatic rings. The van der Waals surface area contributed by atoms with Gasteiger partial charge >= 0.3 is 0 Å². The third-order valence-electron chi connectivity index (χ3n) is 8.19. The lowest BCUT2D eigenvalue weighted by Crippen LogP contribution is -2.64. The van der Waals surface area contributed by atoms with E-state index in [9.17, 15) is 5.26 Å². The maximum Gasteiger partial charge on any atom is 0.101 e. The maximum absolute atomic E-state index is 9.53. The van der Waals surface area contributed by atoms with E-state index in [4.69, 9.17) is 0 Å². The number of nitriles is 1. The molecular weight excluding hydrogens is 486 g/mol. The fourth-order valence-corrected chi connectivity index (χ4v) is 6.63. The van der Waals surface area contributed by atoms with E-state index in [1.54, 1.807) is 6.20 Å². The zero-order valence-corrected chi connectivity index (χ0v) is 21.2. The molecule has 3 saturated heterocycles. The first-order valence-corrected chi connectivity index (χ1v) is 13.2. The molecule has 4 heterocycles. The second-order valence-electron chi connectivity index (χ2n) is 10.2. The maximum atomic E-state index is 9.53.